The van der Waals surface area contributed by atoms with E-state index < -0.39 is 0 Å². The van der Waals surface area contributed by atoms with Gasteiger partial charge in [-0.25, -0.2) is 5.43 Å². The SMILES string of the molecule is CC(C)N1CCC(=NNC(=O)c2ccc(NC(=O)C3CCCCC3)cc2)CC1. The first-order valence-electron chi connectivity index (χ1n) is 10.5. The summed E-state index contributed by atoms with van der Waals surface area (Å²) in [6.45, 7) is 6.37. The van der Waals surface area contributed by atoms with Gasteiger partial charge in [-0.2, -0.15) is 5.10 Å². The maximum Gasteiger partial charge on any atom is 0.271 e. The molecule has 1 saturated heterocycles. The van der Waals surface area contributed by atoms with Crippen molar-refractivity contribution in [2.75, 3.05) is 18.4 Å². The minimum atomic E-state index is -0.219. The van der Waals surface area contributed by atoms with Crippen molar-refractivity contribution < 1.29 is 9.59 Å². The number of piperidine rings is 1. The molecule has 0 aromatic heterocycles. The molecule has 2 N–H and O–H groups in total. The van der Waals surface area contributed by atoms with Crippen molar-refractivity contribution in [2.45, 2.75) is 64.8 Å². The smallest absolute Gasteiger partial charge is 0.271 e. The lowest BCUT2D eigenvalue weighted by atomic mass is 9.88. The number of hydrogen-bond acceptors (Lipinski definition) is 4. The molecule has 1 heterocycles. The summed E-state index contributed by atoms with van der Waals surface area (Å²) in [5.41, 5.74) is 4.99. The van der Waals surface area contributed by atoms with Crippen LogP contribution in [0.2, 0.25) is 0 Å². The molecule has 0 bridgehead atoms. The second kappa shape index (κ2) is 9.82. The predicted molar refractivity (Wildman–Crippen MR) is 112 cm³/mol. The number of carbonyl (C=O) groups is 2. The highest BCUT2D eigenvalue weighted by molar-refractivity contribution is 5.97. The molecule has 2 amide bonds. The lowest BCUT2D eigenvalue weighted by Crippen LogP contribution is -2.39. The highest BCUT2D eigenvalue weighted by Crippen LogP contribution is 2.25. The van der Waals surface area contributed by atoms with Gasteiger partial charge < -0.3 is 10.2 Å². The fourth-order valence-electron chi connectivity index (χ4n) is 3.92. The number of carbonyl (C=O) groups excluding carboxylic acids is 2. The van der Waals surface area contributed by atoms with E-state index in [-0.39, 0.29) is 17.7 Å². The number of rotatable bonds is 5. The molecule has 0 spiro atoms. The Hall–Kier alpha value is -2.21. The van der Waals surface area contributed by atoms with Gasteiger partial charge in [0.1, 0.15) is 0 Å². The van der Waals surface area contributed by atoms with Crippen LogP contribution in [0.25, 0.3) is 0 Å². The number of likely N-dealkylation sites (tertiary alicyclic amines) is 1. The van der Waals surface area contributed by atoms with Crippen molar-refractivity contribution >= 4 is 23.2 Å². The van der Waals surface area contributed by atoms with Crippen molar-refractivity contribution in [3.05, 3.63) is 29.8 Å². The Morgan fingerprint density at radius 2 is 1.68 bits per heavy atom. The van der Waals surface area contributed by atoms with Crippen LogP contribution in [-0.2, 0) is 4.79 Å². The van der Waals surface area contributed by atoms with Crippen LogP contribution in [0.5, 0.6) is 0 Å². The molecule has 3 rings (SSSR count). The van der Waals surface area contributed by atoms with Gasteiger partial charge in [-0.15, -0.1) is 0 Å². The third-order valence-electron chi connectivity index (χ3n) is 5.81. The molecule has 6 nitrogen and oxygen atoms in total. The number of hydrogen-bond donors (Lipinski definition) is 2. The summed E-state index contributed by atoms with van der Waals surface area (Å²) in [5, 5.41) is 7.28. The van der Waals surface area contributed by atoms with Gasteiger partial charge in [0.2, 0.25) is 5.91 Å². The van der Waals surface area contributed by atoms with Crippen LogP contribution >= 0.6 is 0 Å². The lowest BCUT2D eigenvalue weighted by molar-refractivity contribution is -0.120. The Kier molecular flexibility index (Phi) is 7.20. The van der Waals surface area contributed by atoms with E-state index in [1.54, 1.807) is 24.3 Å². The van der Waals surface area contributed by atoms with E-state index in [0.717, 1.165) is 63.0 Å². The zero-order valence-electron chi connectivity index (χ0n) is 17.0. The number of amides is 2. The number of nitrogens with zero attached hydrogens (tertiary/aromatic N) is 2. The number of hydrazone groups is 1. The Morgan fingerprint density at radius 3 is 2.29 bits per heavy atom. The minimum absolute atomic E-state index is 0.0936. The molecule has 1 saturated carbocycles. The summed E-state index contributed by atoms with van der Waals surface area (Å²) in [6, 6.07) is 7.57. The zero-order chi connectivity index (χ0) is 19.9. The Labute approximate surface area is 167 Å². The fourth-order valence-corrected chi connectivity index (χ4v) is 3.92. The van der Waals surface area contributed by atoms with E-state index in [9.17, 15) is 9.59 Å². The Bertz CT molecular complexity index is 696. The van der Waals surface area contributed by atoms with E-state index in [2.05, 4.69) is 34.6 Å². The maximum atomic E-state index is 12.3. The van der Waals surface area contributed by atoms with Crippen molar-refractivity contribution in [1.29, 1.82) is 0 Å². The van der Waals surface area contributed by atoms with E-state index in [1.165, 1.54) is 6.42 Å². The molecule has 1 aromatic rings. The molecule has 1 aliphatic carbocycles. The van der Waals surface area contributed by atoms with Crippen LogP contribution in [-0.4, -0.2) is 41.6 Å². The second-order valence-electron chi connectivity index (χ2n) is 8.15. The minimum Gasteiger partial charge on any atom is -0.326 e. The van der Waals surface area contributed by atoms with E-state index in [1.807, 2.05) is 0 Å². The number of anilines is 1. The van der Waals surface area contributed by atoms with Crippen molar-refractivity contribution in [2.24, 2.45) is 11.0 Å². The van der Waals surface area contributed by atoms with Gasteiger partial charge in [0.05, 0.1) is 0 Å². The second-order valence-corrected chi connectivity index (χ2v) is 8.15. The van der Waals surface area contributed by atoms with Crippen LogP contribution in [0.4, 0.5) is 5.69 Å². The number of benzene rings is 1. The normalized spacial score (nSPS) is 18.8. The summed E-state index contributed by atoms with van der Waals surface area (Å²) in [6.07, 6.45) is 7.23. The van der Waals surface area contributed by atoms with Gasteiger partial charge in [0.15, 0.2) is 0 Å². The number of nitrogens with one attached hydrogen (secondary N) is 2. The highest BCUT2D eigenvalue weighted by atomic mass is 16.2. The van der Waals surface area contributed by atoms with E-state index in [4.69, 9.17) is 0 Å². The molecule has 1 aliphatic heterocycles. The summed E-state index contributed by atoms with van der Waals surface area (Å²) >= 11 is 0. The molecule has 2 aliphatic rings. The highest BCUT2D eigenvalue weighted by Gasteiger charge is 2.21. The van der Waals surface area contributed by atoms with E-state index in [0.29, 0.717) is 11.6 Å². The van der Waals surface area contributed by atoms with Crippen LogP contribution < -0.4 is 10.7 Å². The van der Waals surface area contributed by atoms with Crippen LogP contribution in [0.15, 0.2) is 29.4 Å². The first-order valence-corrected chi connectivity index (χ1v) is 10.5. The van der Waals surface area contributed by atoms with Gasteiger partial charge in [-0.05, 0) is 51.0 Å². The molecule has 0 radical (unpaired) electrons. The van der Waals surface area contributed by atoms with Gasteiger partial charge in [0, 0.05) is 54.9 Å². The first-order chi connectivity index (χ1) is 13.5. The molecule has 6 heteroatoms. The van der Waals surface area contributed by atoms with Crippen LogP contribution in [0.3, 0.4) is 0 Å². The quantitative estimate of drug-likeness (QED) is 0.759. The molecular weight excluding hydrogens is 352 g/mol. The van der Waals surface area contributed by atoms with E-state index >= 15 is 0 Å². The zero-order valence-corrected chi connectivity index (χ0v) is 17.0. The molecule has 0 atom stereocenters. The average molecular weight is 385 g/mol. The summed E-state index contributed by atoms with van der Waals surface area (Å²) in [4.78, 5) is 27.1. The largest absolute Gasteiger partial charge is 0.326 e. The first kappa shape index (κ1) is 20.5. The third-order valence-corrected chi connectivity index (χ3v) is 5.81. The standard InChI is InChI=1S/C22H32N4O2/c1-16(2)26-14-12-20(13-15-26)24-25-22(28)18-8-10-19(11-9-18)23-21(27)17-6-4-3-5-7-17/h8-11,16-17H,3-7,12-15H2,1-2H3,(H,23,27)(H,25,28). The maximum absolute atomic E-state index is 12.3. The third kappa shape index (κ3) is 5.64. The fraction of sp³-hybridized carbons (Fsp3) is 0.591. The molecule has 1 aromatic carbocycles. The van der Waals surface area contributed by atoms with Gasteiger partial charge in [0.25, 0.3) is 5.91 Å². The predicted octanol–water partition coefficient (Wildman–Crippen LogP) is 3.80. The molecule has 152 valence electrons. The topological polar surface area (TPSA) is 73.8 Å². The van der Waals surface area contributed by atoms with Crippen LogP contribution in [0.1, 0.15) is 69.2 Å². The van der Waals surface area contributed by atoms with Crippen molar-refractivity contribution in [3.8, 4) is 0 Å². The monoisotopic (exact) mass is 384 g/mol. The Morgan fingerprint density at radius 1 is 1.04 bits per heavy atom. The van der Waals surface area contributed by atoms with Gasteiger partial charge >= 0.3 is 0 Å². The summed E-state index contributed by atoms with van der Waals surface area (Å²) < 4.78 is 0. The molecule has 2 fully saturated rings. The van der Waals surface area contributed by atoms with Crippen molar-refractivity contribution in [3.63, 3.8) is 0 Å². The Balaban J connectivity index is 1.48. The van der Waals surface area contributed by atoms with Gasteiger partial charge in [-0.3, -0.25) is 9.59 Å². The van der Waals surface area contributed by atoms with Crippen LogP contribution in [0, 0.1) is 5.92 Å². The summed E-state index contributed by atoms with van der Waals surface area (Å²) in [7, 11) is 0. The lowest BCUT2D eigenvalue weighted by Gasteiger charge is -2.30. The van der Waals surface area contributed by atoms with Gasteiger partial charge in [-0.1, -0.05) is 19.3 Å². The molecular formula is C22H32N4O2. The average Bonchev–Trinajstić information content (AvgIpc) is 2.73. The summed E-state index contributed by atoms with van der Waals surface area (Å²) in [5.74, 6) is -0.00495. The van der Waals surface area contributed by atoms with Crippen molar-refractivity contribution in [1.82, 2.24) is 10.3 Å². The molecule has 28 heavy (non-hydrogen) atoms. The molecule has 0 unspecified atom stereocenters.